The van der Waals surface area contributed by atoms with Crippen LogP contribution in [0.4, 0.5) is 10.5 Å². The van der Waals surface area contributed by atoms with E-state index in [-0.39, 0.29) is 17.9 Å². The maximum absolute atomic E-state index is 12.3. The lowest BCUT2D eigenvalue weighted by Crippen LogP contribution is -2.51. The largest absolute Gasteiger partial charge is 0.444 e. The summed E-state index contributed by atoms with van der Waals surface area (Å²) in [7, 11) is 0. The second kappa shape index (κ2) is 10.7. The van der Waals surface area contributed by atoms with Crippen molar-refractivity contribution in [3.63, 3.8) is 0 Å². The fourth-order valence-corrected chi connectivity index (χ4v) is 5.10. The molecule has 1 aliphatic heterocycles. The summed E-state index contributed by atoms with van der Waals surface area (Å²) in [6.45, 7) is 11.5. The molecule has 1 saturated heterocycles. The first-order valence-corrected chi connectivity index (χ1v) is 12.9. The number of rotatable bonds is 5. The van der Waals surface area contributed by atoms with Crippen molar-refractivity contribution in [3.8, 4) is 0 Å². The molecule has 0 radical (unpaired) electrons. The number of amides is 1. The molecule has 0 spiro atoms. The maximum atomic E-state index is 12.3. The fraction of sp³-hybridized carbons (Fsp3) is 0.615. The van der Waals surface area contributed by atoms with Gasteiger partial charge in [-0.15, -0.1) is 0 Å². The number of carbonyl (C=O) groups is 2. The highest BCUT2D eigenvalue weighted by Crippen LogP contribution is 2.32. The number of halogens is 1. The monoisotopic (exact) mass is 501 g/mol. The third-order valence-corrected chi connectivity index (χ3v) is 7.00. The molecular weight excluding hydrogens is 466 g/mol. The zero-order valence-electron chi connectivity index (χ0n) is 21.1. The highest BCUT2D eigenvalue weighted by atomic mass is 35.5. The summed E-state index contributed by atoms with van der Waals surface area (Å²) in [5.41, 5.74) is 2.21. The van der Waals surface area contributed by atoms with Crippen molar-refractivity contribution in [2.24, 2.45) is 5.92 Å². The van der Waals surface area contributed by atoms with Crippen molar-refractivity contribution in [1.29, 1.82) is 0 Å². The molecule has 2 aromatic rings. The van der Waals surface area contributed by atoms with E-state index < -0.39 is 5.60 Å². The van der Waals surface area contributed by atoms with E-state index in [0.29, 0.717) is 35.2 Å². The van der Waals surface area contributed by atoms with E-state index in [1.165, 1.54) is 0 Å². The number of piperazine rings is 1. The molecule has 1 amide bonds. The molecular formula is C26H36ClN5O3. The van der Waals surface area contributed by atoms with Crippen LogP contribution in [0.2, 0.25) is 5.15 Å². The third kappa shape index (κ3) is 6.61. The third-order valence-electron chi connectivity index (χ3n) is 6.79. The van der Waals surface area contributed by atoms with Crippen LogP contribution in [-0.2, 0) is 4.74 Å². The van der Waals surface area contributed by atoms with Crippen LogP contribution in [0.3, 0.4) is 0 Å². The van der Waals surface area contributed by atoms with Gasteiger partial charge in [-0.3, -0.25) is 14.7 Å². The first-order chi connectivity index (χ1) is 16.6. The van der Waals surface area contributed by atoms with Crippen LogP contribution in [0, 0.1) is 5.92 Å². The lowest BCUT2D eigenvalue weighted by Gasteiger charge is -2.38. The summed E-state index contributed by atoms with van der Waals surface area (Å²) >= 11 is 6.15. The Balaban J connectivity index is 1.30. The first kappa shape index (κ1) is 25.6. The normalized spacial score (nSPS) is 21.7. The molecule has 3 heterocycles. The maximum Gasteiger partial charge on any atom is 0.410 e. The molecule has 2 aromatic heterocycles. The molecule has 2 aliphatic rings. The number of ketones is 1. The van der Waals surface area contributed by atoms with Gasteiger partial charge in [0.25, 0.3) is 0 Å². The quantitative estimate of drug-likeness (QED) is 0.455. The molecule has 0 atom stereocenters. The van der Waals surface area contributed by atoms with E-state index in [0.717, 1.165) is 56.5 Å². The molecule has 8 nitrogen and oxygen atoms in total. The highest BCUT2D eigenvalue weighted by molar-refractivity contribution is 6.30. The Kier molecular flexibility index (Phi) is 7.81. The van der Waals surface area contributed by atoms with Gasteiger partial charge >= 0.3 is 6.09 Å². The lowest BCUT2D eigenvalue weighted by molar-refractivity contribution is 0.0128. The van der Waals surface area contributed by atoms with Gasteiger partial charge in [0.05, 0.1) is 16.8 Å². The molecule has 2 fully saturated rings. The van der Waals surface area contributed by atoms with Crippen molar-refractivity contribution >= 4 is 40.2 Å². The number of Topliss-reactive ketones (excluding diaryl/α,β-unsaturated/α-hetero) is 1. The van der Waals surface area contributed by atoms with E-state index in [9.17, 15) is 9.59 Å². The predicted octanol–water partition coefficient (Wildman–Crippen LogP) is 5.01. The van der Waals surface area contributed by atoms with Crippen LogP contribution in [0.5, 0.6) is 0 Å². The van der Waals surface area contributed by atoms with Gasteiger partial charge in [-0.2, -0.15) is 0 Å². The number of pyridine rings is 2. The molecule has 0 bridgehead atoms. The Morgan fingerprint density at radius 2 is 1.80 bits per heavy atom. The number of carbonyl (C=O) groups excluding carboxylic acids is 2. The average Bonchev–Trinajstić information content (AvgIpc) is 2.80. The SMILES string of the molecule is CC(=O)c1cnc2ccc(Cl)nc2c1N[C@H]1CC[C@H](CN2CCN(C(=O)OC(C)(C)C)CC2)CC1. The molecule has 4 rings (SSSR count). The zero-order valence-corrected chi connectivity index (χ0v) is 21.9. The molecule has 1 saturated carbocycles. The minimum Gasteiger partial charge on any atom is -0.444 e. The molecule has 190 valence electrons. The molecule has 9 heteroatoms. The lowest BCUT2D eigenvalue weighted by atomic mass is 9.85. The number of ether oxygens (including phenoxy) is 1. The van der Waals surface area contributed by atoms with Crippen LogP contribution in [0.25, 0.3) is 11.0 Å². The highest BCUT2D eigenvalue weighted by Gasteiger charge is 2.29. The van der Waals surface area contributed by atoms with E-state index >= 15 is 0 Å². The van der Waals surface area contributed by atoms with Crippen LogP contribution < -0.4 is 5.32 Å². The Hall–Kier alpha value is -2.45. The first-order valence-electron chi connectivity index (χ1n) is 12.5. The number of nitrogens with one attached hydrogen (secondary N) is 1. The number of hydrogen-bond donors (Lipinski definition) is 1. The minimum absolute atomic E-state index is 0.0390. The van der Waals surface area contributed by atoms with Crippen LogP contribution >= 0.6 is 11.6 Å². The Labute approximate surface area is 212 Å². The summed E-state index contributed by atoms with van der Waals surface area (Å²) in [6.07, 6.45) is 5.72. The summed E-state index contributed by atoms with van der Waals surface area (Å²) in [6, 6.07) is 3.83. The van der Waals surface area contributed by atoms with Crippen molar-refractivity contribution in [1.82, 2.24) is 19.8 Å². The second-order valence-corrected chi connectivity index (χ2v) is 11.1. The average molecular weight is 502 g/mol. The van der Waals surface area contributed by atoms with E-state index in [1.807, 2.05) is 31.7 Å². The summed E-state index contributed by atoms with van der Waals surface area (Å²) in [5, 5.41) is 4.00. The van der Waals surface area contributed by atoms with Gasteiger partial charge in [-0.1, -0.05) is 11.6 Å². The number of nitrogens with zero attached hydrogens (tertiary/aromatic N) is 4. The van der Waals surface area contributed by atoms with E-state index in [4.69, 9.17) is 16.3 Å². The van der Waals surface area contributed by atoms with Gasteiger partial charge < -0.3 is 15.0 Å². The van der Waals surface area contributed by atoms with Crippen LogP contribution in [-0.4, -0.2) is 76.0 Å². The van der Waals surface area contributed by atoms with Gasteiger partial charge in [-0.25, -0.2) is 9.78 Å². The van der Waals surface area contributed by atoms with E-state index in [2.05, 4.69) is 20.2 Å². The smallest absolute Gasteiger partial charge is 0.410 e. The van der Waals surface area contributed by atoms with E-state index in [1.54, 1.807) is 19.2 Å². The Bertz CT molecular complexity index is 1070. The summed E-state index contributed by atoms with van der Waals surface area (Å²) in [4.78, 5) is 37.7. The number of hydrogen-bond acceptors (Lipinski definition) is 7. The second-order valence-electron chi connectivity index (χ2n) is 10.7. The molecule has 35 heavy (non-hydrogen) atoms. The van der Waals surface area contributed by atoms with Gasteiger partial charge in [-0.05, 0) is 71.4 Å². The number of fused-ring (bicyclic) bond motifs is 1. The Morgan fingerprint density at radius 3 is 2.43 bits per heavy atom. The topological polar surface area (TPSA) is 87.7 Å². The summed E-state index contributed by atoms with van der Waals surface area (Å²) in [5.74, 6) is 0.595. The Morgan fingerprint density at radius 1 is 1.11 bits per heavy atom. The van der Waals surface area contributed by atoms with Gasteiger partial charge in [0.15, 0.2) is 5.78 Å². The fourth-order valence-electron chi connectivity index (χ4n) is 4.95. The van der Waals surface area contributed by atoms with Gasteiger partial charge in [0.2, 0.25) is 0 Å². The predicted molar refractivity (Wildman–Crippen MR) is 138 cm³/mol. The van der Waals surface area contributed by atoms with Crippen molar-refractivity contribution in [2.45, 2.75) is 65.0 Å². The number of aromatic nitrogens is 2. The van der Waals surface area contributed by atoms with Crippen LogP contribution in [0.1, 0.15) is 63.7 Å². The van der Waals surface area contributed by atoms with Gasteiger partial charge in [0, 0.05) is 45.0 Å². The minimum atomic E-state index is -0.461. The van der Waals surface area contributed by atoms with Gasteiger partial charge in [0.1, 0.15) is 16.3 Å². The standard InChI is InChI=1S/C26H36ClN5O3/c1-17(33)20-15-28-21-9-10-22(27)30-24(21)23(20)29-19-7-5-18(6-8-19)16-31-11-13-32(14-12-31)25(34)35-26(2,3)4/h9-10,15,18-19H,5-8,11-14,16H2,1-4H3,(H,28,29)/t18-,19-. The number of anilines is 1. The zero-order chi connectivity index (χ0) is 25.2. The molecule has 0 aromatic carbocycles. The molecule has 1 aliphatic carbocycles. The van der Waals surface area contributed by atoms with Crippen molar-refractivity contribution < 1.29 is 14.3 Å². The molecule has 0 unspecified atom stereocenters. The summed E-state index contributed by atoms with van der Waals surface area (Å²) < 4.78 is 5.50. The van der Waals surface area contributed by atoms with Crippen molar-refractivity contribution in [2.75, 3.05) is 38.0 Å². The molecule has 1 N–H and O–H groups in total. The van der Waals surface area contributed by atoms with Crippen LogP contribution in [0.15, 0.2) is 18.3 Å². The van der Waals surface area contributed by atoms with Crippen molar-refractivity contribution in [3.05, 3.63) is 29.0 Å².